The molecule has 34 heavy (non-hydrogen) atoms. The molecule has 1 N–H and O–H groups in total. The second kappa shape index (κ2) is 11.0. The Kier molecular flexibility index (Phi) is 7.61. The molecule has 1 aromatic carbocycles. The second-order valence-corrected chi connectivity index (χ2v) is 8.34. The molecule has 2 aromatic heterocycles. The second-order valence-electron chi connectivity index (χ2n) is 8.34. The van der Waals surface area contributed by atoms with Gasteiger partial charge >= 0.3 is 0 Å². The highest BCUT2D eigenvalue weighted by molar-refractivity contribution is 5.81. The van der Waals surface area contributed by atoms with Gasteiger partial charge in [-0.2, -0.15) is 0 Å². The molecule has 2 heterocycles. The molecule has 9 nitrogen and oxygen atoms in total. The molecular formula is C25H30N4O5. The largest absolute Gasteiger partial charge is 0.493 e. The number of rotatable bonds is 10. The third kappa shape index (κ3) is 5.47. The maximum atomic E-state index is 12.9. The minimum absolute atomic E-state index is 0.0936. The molecule has 3 aromatic rings. The van der Waals surface area contributed by atoms with Gasteiger partial charge in [-0.3, -0.25) is 14.2 Å². The van der Waals surface area contributed by atoms with Gasteiger partial charge in [-0.25, -0.2) is 9.97 Å². The van der Waals surface area contributed by atoms with Crippen molar-refractivity contribution in [3.63, 3.8) is 0 Å². The number of benzene rings is 1. The van der Waals surface area contributed by atoms with E-state index in [9.17, 15) is 9.59 Å². The van der Waals surface area contributed by atoms with Gasteiger partial charge in [0.1, 0.15) is 6.10 Å². The fourth-order valence-corrected chi connectivity index (χ4v) is 4.17. The SMILES string of the molecule is COc1cc2ncn(CCCC(=O)NCc3cccnc3OC3CCCC3)c(=O)c2cc1OC. The molecule has 0 radical (unpaired) electrons. The molecule has 1 fully saturated rings. The van der Waals surface area contributed by atoms with Crippen LogP contribution in [-0.2, 0) is 17.9 Å². The molecule has 1 aliphatic carbocycles. The van der Waals surface area contributed by atoms with E-state index in [4.69, 9.17) is 14.2 Å². The molecule has 1 amide bonds. The first-order valence-corrected chi connectivity index (χ1v) is 11.6. The number of pyridine rings is 1. The van der Waals surface area contributed by atoms with Crippen molar-refractivity contribution >= 4 is 16.8 Å². The van der Waals surface area contributed by atoms with Gasteiger partial charge in [-0.1, -0.05) is 6.07 Å². The average molecular weight is 467 g/mol. The van der Waals surface area contributed by atoms with Crippen LogP contribution in [0.2, 0.25) is 0 Å². The highest BCUT2D eigenvalue weighted by Gasteiger charge is 2.19. The van der Waals surface area contributed by atoms with Crippen LogP contribution in [0.15, 0.2) is 41.6 Å². The molecule has 4 rings (SSSR count). The van der Waals surface area contributed by atoms with E-state index < -0.39 is 0 Å². The van der Waals surface area contributed by atoms with E-state index in [0.29, 0.717) is 47.8 Å². The summed E-state index contributed by atoms with van der Waals surface area (Å²) in [5.74, 6) is 1.49. The van der Waals surface area contributed by atoms with Crippen LogP contribution in [-0.4, -0.2) is 40.8 Å². The first-order valence-electron chi connectivity index (χ1n) is 11.6. The van der Waals surface area contributed by atoms with Gasteiger partial charge in [0, 0.05) is 37.3 Å². The van der Waals surface area contributed by atoms with E-state index in [2.05, 4.69) is 15.3 Å². The first-order chi connectivity index (χ1) is 16.6. The number of hydrogen-bond donors (Lipinski definition) is 1. The number of ether oxygens (including phenoxy) is 3. The van der Waals surface area contributed by atoms with Crippen molar-refractivity contribution < 1.29 is 19.0 Å². The van der Waals surface area contributed by atoms with Crippen LogP contribution in [0.5, 0.6) is 17.4 Å². The summed E-state index contributed by atoms with van der Waals surface area (Å²) >= 11 is 0. The van der Waals surface area contributed by atoms with Gasteiger partial charge in [0.15, 0.2) is 11.5 Å². The van der Waals surface area contributed by atoms with Gasteiger partial charge in [-0.05, 0) is 44.2 Å². The Morgan fingerprint density at radius 3 is 2.68 bits per heavy atom. The molecule has 180 valence electrons. The Labute approximate surface area is 198 Å². The van der Waals surface area contributed by atoms with Crippen LogP contribution < -0.4 is 25.1 Å². The van der Waals surface area contributed by atoms with Crippen molar-refractivity contribution in [2.75, 3.05) is 14.2 Å². The molecule has 9 heteroatoms. The number of hydrogen-bond acceptors (Lipinski definition) is 7. The maximum Gasteiger partial charge on any atom is 0.261 e. The number of aromatic nitrogens is 3. The van der Waals surface area contributed by atoms with Crippen molar-refractivity contribution in [1.29, 1.82) is 0 Å². The number of fused-ring (bicyclic) bond motifs is 1. The van der Waals surface area contributed by atoms with E-state index in [1.54, 1.807) is 18.3 Å². The van der Waals surface area contributed by atoms with Crippen molar-refractivity contribution in [3.05, 3.63) is 52.7 Å². The lowest BCUT2D eigenvalue weighted by Gasteiger charge is -2.15. The van der Waals surface area contributed by atoms with Crippen molar-refractivity contribution in [3.8, 4) is 17.4 Å². The summed E-state index contributed by atoms with van der Waals surface area (Å²) in [6.07, 6.45) is 8.66. The zero-order chi connectivity index (χ0) is 23.9. The van der Waals surface area contributed by atoms with Crippen LogP contribution >= 0.6 is 0 Å². The van der Waals surface area contributed by atoms with Crippen molar-refractivity contribution in [2.45, 2.75) is 57.7 Å². The van der Waals surface area contributed by atoms with Crippen molar-refractivity contribution in [2.24, 2.45) is 0 Å². The van der Waals surface area contributed by atoms with Crippen LogP contribution in [0.25, 0.3) is 10.9 Å². The molecule has 0 unspecified atom stereocenters. The quantitative estimate of drug-likeness (QED) is 0.489. The molecule has 0 aliphatic heterocycles. The number of amides is 1. The molecule has 1 aliphatic rings. The van der Waals surface area contributed by atoms with Crippen LogP contribution in [0.1, 0.15) is 44.1 Å². The molecule has 0 bridgehead atoms. The number of nitrogens with zero attached hydrogens (tertiary/aromatic N) is 3. The average Bonchev–Trinajstić information content (AvgIpc) is 3.37. The fourth-order valence-electron chi connectivity index (χ4n) is 4.17. The molecule has 0 spiro atoms. The smallest absolute Gasteiger partial charge is 0.261 e. The predicted octanol–water partition coefficient (Wildman–Crippen LogP) is 3.23. The van der Waals surface area contributed by atoms with Crippen LogP contribution in [0.4, 0.5) is 0 Å². The Balaban J connectivity index is 1.32. The lowest BCUT2D eigenvalue weighted by atomic mass is 10.2. The number of carbonyl (C=O) groups excluding carboxylic acids is 1. The fraction of sp³-hybridized carbons (Fsp3) is 0.440. The molecule has 1 saturated carbocycles. The third-order valence-corrected chi connectivity index (χ3v) is 6.04. The van der Waals surface area contributed by atoms with E-state index in [1.807, 2.05) is 12.1 Å². The summed E-state index contributed by atoms with van der Waals surface area (Å²) in [6, 6.07) is 7.07. The molecule has 0 saturated heterocycles. The van der Waals surface area contributed by atoms with Gasteiger partial charge in [0.05, 0.1) is 31.4 Å². The Morgan fingerprint density at radius 1 is 1.15 bits per heavy atom. The minimum Gasteiger partial charge on any atom is -0.493 e. The summed E-state index contributed by atoms with van der Waals surface area (Å²) in [4.78, 5) is 34.0. The summed E-state index contributed by atoms with van der Waals surface area (Å²) in [6.45, 7) is 0.736. The van der Waals surface area contributed by atoms with E-state index in [0.717, 1.165) is 18.4 Å². The number of methoxy groups -OCH3 is 2. The van der Waals surface area contributed by atoms with E-state index in [1.165, 1.54) is 38.0 Å². The van der Waals surface area contributed by atoms with Gasteiger partial charge in [0.25, 0.3) is 5.56 Å². The lowest BCUT2D eigenvalue weighted by molar-refractivity contribution is -0.121. The first kappa shape index (κ1) is 23.5. The Bertz CT molecular complexity index is 1200. The summed E-state index contributed by atoms with van der Waals surface area (Å²) in [7, 11) is 3.06. The predicted molar refractivity (Wildman–Crippen MR) is 127 cm³/mol. The zero-order valence-corrected chi connectivity index (χ0v) is 19.6. The third-order valence-electron chi connectivity index (χ3n) is 6.04. The summed E-state index contributed by atoms with van der Waals surface area (Å²) in [5.41, 5.74) is 1.21. The monoisotopic (exact) mass is 466 g/mol. The van der Waals surface area contributed by atoms with Gasteiger partial charge < -0.3 is 19.5 Å². The Morgan fingerprint density at radius 2 is 1.91 bits per heavy atom. The van der Waals surface area contributed by atoms with Gasteiger partial charge in [0.2, 0.25) is 11.8 Å². The molecule has 0 atom stereocenters. The number of aryl methyl sites for hydroxylation is 1. The maximum absolute atomic E-state index is 12.9. The lowest BCUT2D eigenvalue weighted by Crippen LogP contribution is -2.25. The van der Waals surface area contributed by atoms with E-state index >= 15 is 0 Å². The number of nitrogens with one attached hydrogen (secondary N) is 1. The Hall–Kier alpha value is -3.62. The summed E-state index contributed by atoms with van der Waals surface area (Å²) in [5, 5.41) is 3.37. The standard InChI is InChI=1S/C25H30N4O5/c1-32-21-13-19-20(14-22(21)33-2)28-16-29(25(19)31)12-6-10-23(30)27-15-17-7-5-11-26-24(17)34-18-8-3-4-9-18/h5,7,11,13-14,16,18H,3-4,6,8-10,12,15H2,1-2H3,(H,27,30). The highest BCUT2D eigenvalue weighted by atomic mass is 16.5. The normalized spacial score (nSPS) is 13.7. The van der Waals surface area contributed by atoms with Crippen molar-refractivity contribution in [1.82, 2.24) is 19.9 Å². The number of carbonyl (C=O) groups is 1. The highest BCUT2D eigenvalue weighted by Crippen LogP contribution is 2.30. The molecular weight excluding hydrogens is 436 g/mol. The van der Waals surface area contributed by atoms with E-state index in [-0.39, 0.29) is 24.0 Å². The summed E-state index contributed by atoms with van der Waals surface area (Å²) < 4.78 is 18.1. The van der Waals surface area contributed by atoms with Crippen LogP contribution in [0.3, 0.4) is 0 Å². The minimum atomic E-state index is -0.185. The van der Waals surface area contributed by atoms with Crippen LogP contribution in [0, 0.1) is 0 Å². The van der Waals surface area contributed by atoms with Gasteiger partial charge in [-0.15, -0.1) is 0 Å². The zero-order valence-electron chi connectivity index (χ0n) is 19.6. The topological polar surface area (TPSA) is 105 Å².